The quantitative estimate of drug-likeness (QED) is 0.747. The first-order chi connectivity index (χ1) is 11.1. The molecule has 0 radical (unpaired) electrons. The van der Waals surface area contributed by atoms with Crippen molar-refractivity contribution < 1.29 is 9.52 Å². The van der Waals surface area contributed by atoms with Crippen LogP contribution in [0.15, 0.2) is 21.9 Å². The van der Waals surface area contributed by atoms with E-state index >= 15 is 0 Å². The molecule has 0 amide bonds. The summed E-state index contributed by atoms with van der Waals surface area (Å²) < 4.78 is 5.57. The van der Waals surface area contributed by atoms with Crippen molar-refractivity contribution >= 4 is 28.4 Å². The summed E-state index contributed by atoms with van der Waals surface area (Å²) in [6.45, 7) is 6.43. The molecular weight excluding hydrogens is 312 g/mol. The zero-order valence-corrected chi connectivity index (χ0v) is 14.3. The van der Waals surface area contributed by atoms with Gasteiger partial charge in [0.15, 0.2) is 17.2 Å². The predicted octanol–water partition coefficient (Wildman–Crippen LogP) is 3.07. The molecule has 23 heavy (non-hydrogen) atoms. The lowest BCUT2D eigenvalue weighted by Gasteiger charge is -2.30. The van der Waals surface area contributed by atoms with Gasteiger partial charge in [-0.25, -0.2) is 9.97 Å². The van der Waals surface area contributed by atoms with Gasteiger partial charge in [0.1, 0.15) is 5.82 Å². The fourth-order valence-electron chi connectivity index (χ4n) is 2.61. The standard InChI is InChI=1S/C16H20N4O2S/c1-4-12(9-21)20(8-13-6-5-7-23-13)15-14-16(18-10(2)17-15)22-11(3)19-14/h5-7,12,21H,4,8-9H2,1-3H3. The van der Waals surface area contributed by atoms with Gasteiger partial charge in [0.25, 0.3) is 5.71 Å². The van der Waals surface area contributed by atoms with Crippen LogP contribution in [0, 0.1) is 13.8 Å². The van der Waals surface area contributed by atoms with Gasteiger partial charge in [0.2, 0.25) is 0 Å². The van der Waals surface area contributed by atoms with Gasteiger partial charge in [-0.3, -0.25) is 0 Å². The fraction of sp³-hybridized carbons (Fsp3) is 0.438. The highest BCUT2D eigenvalue weighted by molar-refractivity contribution is 7.09. The van der Waals surface area contributed by atoms with E-state index in [1.807, 2.05) is 13.0 Å². The molecule has 0 bridgehead atoms. The zero-order chi connectivity index (χ0) is 16.4. The summed E-state index contributed by atoms with van der Waals surface area (Å²) in [5, 5.41) is 11.9. The number of aliphatic hydroxyl groups is 1. The molecule has 0 saturated carbocycles. The van der Waals surface area contributed by atoms with E-state index in [4.69, 9.17) is 4.42 Å². The van der Waals surface area contributed by atoms with Crippen LogP contribution in [-0.4, -0.2) is 32.7 Å². The molecule has 6 nitrogen and oxygen atoms in total. The number of anilines is 1. The highest BCUT2D eigenvalue weighted by Crippen LogP contribution is 2.28. The second kappa shape index (κ2) is 6.64. The highest BCUT2D eigenvalue weighted by atomic mass is 32.1. The largest absolute Gasteiger partial charge is 0.422 e. The molecule has 1 unspecified atom stereocenters. The summed E-state index contributed by atoms with van der Waals surface area (Å²) in [7, 11) is 0. The third kappa shape index (κ3) is 3.20. The van der Waals surface area contributed by atoms with Crippen molar-refractivity contribution in [2.24, 2.45) is 0 Å². The van der Waals surface area contributed by atoms with Crippen molar-refractivity contribution in [1.29, 1.82) is 0 Å². The smallest absolute Gasteiger partial charge is 0.252 e. The second-order valence-corrected chi connectivity index (χ2v) is 6.47. The van der Waals surface area contributed by atoms with E-state index in [0.717, 1.165) is 12.2 Å². The molecule has 0 aliphatic heterocycles. The molecular formula is C16H20N4O2S. The number of hydrogen-bond acceptors (Lipinski definition) is 7. The van der Waals surface area contributed by atoms with Gasteiger partial charge in [-0.05, 0) is 24.8 Å². The number of rotatable bonds is 6. The average Bonchev–Trinajstić information content (AvgIpc) is 3.15. The maximum Gasteiger partial charge on any atom is 0.252 e. The summed E-state index contributed by atoms with van der Waals surface area (Å²) in [4.78, 5) is 16.7. The number of oxazole rings is 1. The second-order valence-electron chi connectivity index (χ2n) is 5.43. The first kappa shape index (κ1) is 15.9. The van der Waals surface area contributed by atoms with E-state index in [1.165, 1.54) is 4.88 Å². The van der Waals surface area contributed by atoms with Crippen LogP contribution >= 0.6 is 11.3 Å². The molecule has 1 N–H and O–H groups in total. The van der Waals surface area contributed by atoms with E-state index in [1.54, 1.807) is 18.3 Å². The van der Waals surface area contributed by atoms with Crippen LogP contribution in [0.2, 0.25) is 0 Å². The van der Waals surface area contributed by atoms with E-state index in [-0.39, 0.29) is 12.6 Å². The molecule has 1 atom stereocenters. The van der Waals surface area contributed by atoms with E-state index in [2.05, 4.69) is 38.2 Å². The first-order valence-corrected chi connectivity index (χ1v) is 8.52. The lowest BCUT2D eigenvalue weighted by atomic mass is 10.2. The Hall–Kier alpha value is -1.99. The molecule has 0 aliphatic carbocycles. The molecule has 3 rings (SSSR count). The summed E-state index contributed by atoms with van der Waals surface area (Å²) in [6, 6.07) is 4.08. The van der Waals surface area contributed by atoms with Crippen LogP contribution in [0.4, 0.5) is 5.82 Å². The van der Waals surface area contributed by atoms with Crippen molar-refractivity contribution in [2.45, 2.75) is 39.8 Å². The Morgan fingerprint density at radius 2 is 2.13 bits per heavy atom. The SMILES string of the molecule is CCC(CO)N(Cc1cccs1)c1nc(C)nc2oc(C)nc12. The molecule has 0 aromatic carbocycles. The first-order valence-electron chi connectivity index (χ1n) is 7.64. The van der Waals surface area contributed by atoms with Gasteiger partial charge in [0.05, 0.1) is 19.2 Å². The minimum atomic E-state index is -0.0355. The van der Waals surface area contributed by atoms with Crippen LogP contribution in [0.5, 0.6) is 0 Å². The lowest BCUT2D eigenvalue weighted by molar-refractivity contribution is 0.254. The normalized spacial score (nSPS) is 12.7. The number of hydrogen-bond donors (Lipinski definition) is 1. The van der Waals surface area contributed by atoms with Crippen LogP contribution in [0.1, 0.15) is 29.9 Å². The maximum absolute atomic E-state index is 9.81. The Morgan fingerprint density at radius 3 is 2.78 bits per heavy atom. The molecule has 7 heteroatoms. The lowest BCUT2D eigenvalue weighted by Crippen LogP contribution is -2.38. The molecule has 0 aliphatic rings. The Kier molecular flexibility index (Phi) is 4.58. The Labute approximate surface area is 138 Å². The molecule has 122 valence electrons. The topological polar surface area (TPSA) is 75.3 Å². The van der Waals surface area contributed by atoms with Crippen molar-refractivity contribution in [3.63, 3.8) is 0 Å². The van der Waals surface area contributed by atoms with Crippen LogP contribution in [0.3, 0.4) is 0 Å². The third-order valence-electron chi connectivity index (χ3n) is 3.76. The van der Waals surface area contributed by atoms with Gasteiger partial charge >= 0.3 is 0 Å². The van der Waals surface area contributed by atoms with Crippen molar-refractivity contribution in [3.05, 3.63) is 34.1 Å². The highest BCUT2D eigenvalue weighted by Gasteiger charge is 2.24. The van der Waals surface area contributed by atoms with E-state index in [0.29, 0.717) is 29.5 Å². The van der Waals surface area contributed by atoms with Gasteiger partial charge in [-0.1, -0.05) is 13.0 Å². The molecule has 3 aromatic rings. The van der Waals surface area contributed by atoms with Crippen molar-refractivity contribution in [1.82, 2.24) is 15.0 Å². The van der Waals surface area contributed by atoms with Crippen LogP contribution < -0.4 is 4.90 Å². The third-order valence-corrected chi connectivity index (χ3v) is 4.62. The van der Waals surface area contributed by atoms with Gasteiger partial charge < -0.3 is 14.4 Å². The molecule has 0 fully saturated rings. The number of fused-ring (bicyclic) bond motifs is 1. The summed E-state index contributed by atoms with van der Waals surface area (Å²) in [6.07, 6.45) is 0.809. The molecule has 0 spiro atoms. The number of aryl methyl sites for hydroxylation is 2. The number of thiophene rings is 1. The van der Waals surface area contributed by atoms with E-state index in [9.17, 15) is 5.11 Å². The minimum absolute atomic E-state index is 0.0355. The number of aliphatic hydroxyl groups excluding tert-OH is 1. The summed E-state index contributed by atoms with van der Waals surface area (Å²) in [5.41, 5.74) is 1.14. The van der Waals surface area contributed by atoms with Crippen LogP contribution in [0.25, 0.3) is 11.2 Å². The van der Waals surface area contributed by atoms with Crippen molar-refractivity contribution in [3.8, 4) is 0 Å². The molecule has 3 aromatic heterocycles. The minimum Gasteiger partial charge on any atom is -0.422 e. The monoisotopic (exact) mass is 332 g/mol. The maximum atomic E-state index is 9.81. The predicted molar refractivity (Wildman–Crippen MR) is 90.7 cm³/mol. The van der Waals surface area contributed by atoms with Crippen molar-refractivity contribution in [2.75, 3.05) is 11.5 Å². The van der Waals surface area contributed by atoms with Gasteiger partial charge in [-0.2, -0.15) is 4.98 Å². The fourth-order valence-corrected chi connectivity index (χ4v) is 3.31. The molecule has 3 heterocycles. The Bertz CT molecular complexity index is 781. The Morgan fingerprint density at radius 1 is 1.30 bits per heavy atom. The number of aromatic nitrogens is 3. The summed E-state index contributed by atoms with van der Waals surface area (Å²) in [5.74, 6) is 1.92. The van der Waals surface area contributed by atoms with Crippen LogP contribution in [-0.2, 0) is 6.54 Å². The van der Waals surface area contributed by atoms with Gasteiger partial charge in [-0.15, -0.1) is 11.3 Å². The zero-order valence-electron chi connectivity index (χ0n) is 13.5. The average molecular weight is 332 g/mol. The summed E-state index contributed by atoms with van der Waals surface area (Å²) >= 11 is 1.69. The van der Waals surface area contributed by atoms with E-state index < -0.39 is 0 Å². The van der Waals surface area contributed by atoms with Gasteiger partial charge in [0, 0.05) is 11.8 Å². The molecule has 0 saturated heterocycles. The Balaban J connectivity index is 2.11. The number of nitrogens with zero attached hydrogens (tertiary/aromatic N) is 4.